The van der Waals surface area contributed by atoms with Crippen LogP contribution in [0.25, 0.3) is 0 Å². The molecule has 1 aliphatic rings. The fourth-order valence-corrected chi connectivity index (χ4v) is 2.08. The maximum absolute atomic E-state index is 5.51. The van der Waals surface area contributed by atoms with E-state index >= 15 is 0 Å². The quantitative estimate of drug-likeness (QED) is 0.827. The lowest BCUT2D eigenvalue weighted by molar-refractivity contribution is -0.0858. The van der Waals surface area contributed by atoms with Crippen molar-refractivity contribution in [1.82, 2.24) is 15.5 Å². The molecule has 0 amide bonds. The second-order valence-electron chi connectivity index (χ2n) is 4.26. The molecule has 16 heavy (non-hydrogen) atoms. The van der Waals surface area contributed by atoms with Crippen LogP contribution in [0.1, 0.15) is 50.4 Å². The zero-order valence-electron chi connectivity index (χ0n) is 10.1. The second kappa shape index (κ2) is 4.51. The molecule has 5 heteroatoms. The largest absolute Gasteiger partial charge is 0.370 e. The SMILES string of the molecule is CCC(NC)c1nc(C2(OC)CCC2)no1. The third kappa shape index (κ3) is 1.74. The number of nitrogens with one attached hydrogen (secondary N) is 1. The summed E-state index contributed by atoms with van der Waals surface area (Å²) in [7, 11) is 3.61. The Morgan fingerprint density at radius 2 is 2.31 bits per heavy atom. The topological polar surface area (TPSA) is 60.2 Å². The lowest BCUT2D eigenvalue weighted by atomic mass is 9.79. The number of rotatable bonds is 5. The summed E-state index contributed by atoms with van der Waals surface area (Å²) in [5, 5.41) is 7.20. The van der Waals surface area contributed by atoms with E-state index < -0.39 is 0 Å². The van der Waals surface area contributed by atoms with Crippen molar-refractivity contribution in [2.75, 3.05) is 14.2 Å². The Bertz CT molecular complexity index is 337. The van der Waals surface area contributed by atoms with Gasteiger partial charge in [-0.25, -0.2) is 0 Å². The van der Waals surface area contributed by atoms with Crippen molar-refractivity contribution in [3.8, 4) is 0 Å². The summed E-state index contributed by atoms with van der Waals surface area (Å²) in [4.78, 5) is 4.45. The molecule has 0 spiro atoms. The first-order valence-electron chi connectivity index (χ1n) is 5.82. The smallest absolute Gasteiger partial charge is 0.243 e. The van der Waals surface area contributed by atoms with Crippen molar-refractivity contribution in [3.05, 3.63) is 11.7 Å². The molecule has 1 heterocycles. The number of nitrogens with zero attached hydrogens (tertiary/aromatic N) is 2. The van der Waals surface area contributed by atoms with Crippen molar-refractivity contribution >= 4 is 0 Å². The zero-order chi connectivity index (χ0) is 11.6. The first-order valence-corrected chi connectivity index (χ1v) is 5.82. The number of hydrogen-bond donors (Lipinski definition) is 1. The molecule has 0 saturated heterocycles. The standard InChI is InChI=1S/C11H19N3O2/c1-4-8(12-2)9-13-10(14-16-9)11(15-3)6-5-7-11/h8,12H,4-7H2,1-3H3. The van der Waals surface area contributed by atoms with Crippen LogP contribution in [-0.2, 0) is 10.3 Å². The molecule has 1 aliphatic carbocycles. The molecule has 1 N–H and O–H groups in total. The van der Waals surface area contributed by atoms with Gasteiger partial charge in [0.1, 0.15) is 5.60 Å². The average Bonchev–Trinajstić information content (AvgIpc) is 2.69. The van der Waals surface area contributed by atoms with Crippen molar-refractivity contribution in [2.45, 2.75) is 44.2 Å². The van der Waals surface area contributed by atoms with Crippen LogP contribution >= 0.6 is 0 Å². The minimum atomic E-state index is -0.284. The first-order chi connectivity index (χ1) is 7.75. The summed E-state index contributed by atoms with van der Waals surface area (Å²) in [6.45, 7) is 2.08. The Balaban J connectivity index is 2.18. The Morgan fingerprint density at radius 1 is 1.56 bits per heavy atom. The fourth-order valence-electron chi connectivity index (χ4n) is 2.08. The van der Waals surface area contributed by atoms with E-state index in [9.17, 15) is 0 Å². The Morgan fingerprint density at radius 3 is 2.75 bits per heavy atom. The van der Waals surface area contributed by atoms with Crippen LogP contribution in [-0.4, -0.2) is 24.3 Å². The lowest BCUT2D eigenvalue weighted by Gasteiger charge is -2.37. The van der Waals surface area contributed by atoms with E-state index in [1.165, 1.54) is 6.42 Å². The summed E-state index contributed by atoms with van der Waals surface area (Å²) in [5.74, 6) is 1.35. The van der Waals surface area contributed by atoms with Gasteiger partial charge in [0, 0.05) is 7.11 Å². The fraction of sp³-hybridized carbons (Fsp3) is 0.818. The molecule has 1 aromatic heterocycles. The maximum atomic E-state index is 5.51. The van der Waals surface area contributed by atoms with Crippen LogP contribution in [0.5, 0.6) is 0 Å². The van der Waals surface area contributed by atoms with Gasteiger partial charge in [0.05, 0.1) is 6.04 Å². The molecule has 0 aliphatic heterocycles. The molecule has 1 saturated carbocycles. The Labute approximate surface area is 95.6 Å². The third-order valence-electron chi connectivity index (χ3n) is 3.46. The van der Waals surface area contributed by atoms with Crippen LogP contribution in [0, 0.1) is 0 Å². The van der Waals surface area contributed by atoms with Gasteiger partial charge in [0.15, 0.2) is 0 Å². The molecule has 0 bridgehead atoms. The number of methoxy groups -OCH3 is 1. The summed E-state index contributed by atoms with van der Waals surface area (Å²) >= 11 is 0. The maximum Gasteiger partial charge on any atom is 0.243 e. The molecule has 5 nitrogen and oxygen atoms in total. The highest BCUT2D eigenvalue weighted by Gasteiger charge is 2.43. The minimum Gasteiger partial charge on any atom is -0.370 e. The minimum absolute atomic E-state index is 0.134. The summed E-state index contributed by atoms with van der Waals surface area (Å²) in [6.07, 6.45) is 4.07. The van der Waals surface area contributed by atoms with E-state index in [1.807, 2.05) is 7.05 Å². The lowest BCUT2D eigenvalue weighted by Crippen LogP contribution is -2.37. The van der Waals surface area contributed by atoms with Crippen molar-refractivity contribution in [3.63, 3.8) is 0 Å². The summed E-state index contributed by atoms with van der Waals surface area (Å²) < 4.78 is 10.8. The molecular weight excluding hydrogens is 206 g/mol. The molecule has 1 unspecified atom stereocenters. The normalized spacial score (nSPS) is 20.4. The monoisotopic (exact) mass is 225 g/mol. The molecule has 90 valence electrons. The van der Waals surface area contributed by atoms with E-state index in [4.69, 9.17) is 9.26 Å². The van der Waals surface area contributed by atoms with Gasteiger partial charge >= 0.3 is 0 Å². The van der Waals surface area contributed by atoms with Gasteiger partial charge in [-0.3, -0.25) is 0 Å². The molecule has 0 aromatic carbocycles. The highest BCUT2D eigenvalue weighted by atomic mass is 16.5. The highest BCUT2D eigenvalue weighted by Crippen LogP contribution is 2.42. The van der Waals surface area contributed by atoms with Gasteiger partial charge in [-0.05, 0) is 32.7 Å². The van der Waals surface area contributed by atoms with E-state index in [0.29, 0.717) is 11.7 Å². The molecular formula is C11H19N3O2. The van der Waals surface area contributed by atoms with Crippen molar-refractivity contribution in [2.24, 2.45) is 0 Å². The predicted octanol–water partition coefficient (Wildman–Crippen LogP) is 1.77. The van der Waals surface area contributed by atoms with Crippen molar-refractivity contribution in [1.29, 1.82) is 0 Å². The van der Waals surface area contributed by atoms with Gasteiger partial charge in [-0.2, -0.15) is 4.98 Å². The first kappa shape index (κ1) is 11.5. The van der Waals surface area contributed by atoms with E-state index in [1.54, 1.807) is 7.11 Å². The Kier molecular flexibility index (Phi) is 3.25. The third-order valence-corrected chi connectivity index (χ3v) is 3.46. The molecule has 1 atom stereocenters. The van der Waals surface area contributed by atoms with Crippen LogP contribution in [0.3, 0.4) is 0 Å². The van der Waals surface area contributed by atoms with Gasteiger partial charge in [0.2, 0.25) is 11.7 Å². The molecule has 1 fully saturated rings. The van der Waals surface area contributed by atoms with Gasteiger partial charge in [-0.15, -0.1) is 0 Å². The van der Waals surface area contributed by atoms with E-state index in [2.05, 4.69) is 22.4 Å². The van der Waals surface area contributed by atoms with Crippen LogP contribution in [0.15, 0.2) is 4.52 Å². The van der Waals surface area contributed by atoms with Gasteiger partial charge in [-0.1, -0.05) is 12.1 Å². The van der Waals surface area contributed by atoms with Gasteiger partial charge in [0.25, 0.3) is 0 Å². The molecule has 2 rings (SSSR count). The zero-order valence-corrected chi connectivity index (χ0v) is 10.1. The van der Waals surface area contributed by atoms with Gasteiger partial charge < -0.3 is 14.6 Å². The number of hydrogen-bond acceptors (Lipinski definition) is 5. The van der Waals surface area contributed by atoms with Crippen LogP contribution < -0.4 is 5.32 Å². The molecule has 0 radical (unpaired) electrons. The average molecular weight is 225 g/mol. The molecule has 1 aromatic rings. The van der Waals surface area contributed by atoms with Crippen molar-refractivity contribution < 1.29 is 9.26 Å². The second-order valence-corrected chi connectivity index (χ2v) is 4.26. The summed E-state index contributed by atoms with van der Waals surface area (Å²) in [6, 6.07) is 0.134. The predicted molar refractivity (Wildman–Crippen MR) is 58.9 cm³/mol. The number of aromatic nitrogens is 2. The summed E-state index contributed by atoms with van der Waals surface area (Å²) in [5.41, 5.74) is -0.284. The highest BCUT2D eigenvalue weighted by molar-refractivity contribution is 5.07. The van der Waals surface area contributed by atoms with E-state index in [-0.39, 0.29) is 11.6 Å². The Hall–Kier alpha value is -0.940. The van der Waals surface area contributed by atoms with Crippen LogP contribution in [0.2, 0.25) is 0 Å². The number of ether oxygens (including phenoxy) is 1. The van der Waals surface area contributed by atoms with E-state index in [0.717, 1.165) is 19.3 Å². The van der Waals surface area contributed by atoms with Crippen LogP contribution in [0.4, 0.5) is 0 Å².